The highest BCUT2D eigenvalue weighted by Gasteiger charge is 2.32. The zero-order chi connectivity index (χ0) is 11.4. The summed E-state index contributed by atoms with van der Waals surface area (Å²) in [5, 5.41) is 3.24. The van der Waals surface area contributed by atoms with Gasteiger partial charge in [-0.3, -0.25) is 10.1 Å². The summed E-state index contributed by atoms with van der Waals surface area (Å²) in [7, 11) is 0. The van der Waals surface area contributed by atoms with E-state index >= 15 is 0 Å². The van der Waals surface area contributed by atoms with Crippen molar-refractivity contribution < 1.29 is 4.79 Å². The quantitative estimate of drug-likeness (QED) is 0.707. The van der Waals surface area contributed by atoms with Gasteiger partial charge in [0.25, 0.3) is 0 Å². The van der Waals surface area contributed by atoms with E-state index in [9.17, 15) is 4.79 Å². The van der Waals surface area contributed by atoms with Crippen LogP contribution in [0.3, 0.4) is 0 Å². The van der Waals surface area contributed by atoms with Crippen LogP contribution >= 0.6 is 0 Å². The van der Waals surface area contributed by atoms with E-state index in [-0.39, 0.29) is 18.1 Å². The molecule has 0 saturated carbocycles. The molecule has 2 atom stereocenters. The Kier molecular flexibility index (Phi) is 4.58. The molecule has 1 amide bonds. The molecule has 1 fully saturated rings. The number of carbonyl (C=O) groups excluding carboxylic acids is 1. The Bertz CT molecular complexity index is 216. The van der Waals surface area contributed by atoms with E-state index in [2.05, 4.69) is 26.1 Å². The lowest BCUT2D eigenvalue weighted by Crippen LogP contribution is -2.35. The molecule has 0 aromatic rings. The lowest BCUT2D eigenvalue weighted by molar-refractivity contribution is -0.129. The zero-order valence-electron chi connectivity index (χ0n) is 10.4. The molecule has 88 valence electrons. The first-order valence-electron chi connectivity index (χ1n) is 6.09. The SMILES string of the molecule is CC(C)CCCCN1C(=O)C(C)NC1C. The van der Waals surface area contributed by atoms with Crippen LogP contribution in [-0.2, 0) is 4.79 Å². The number of rotatable bonds is 5. The second kappa shape index (κ2) is 5.50. The third-order valence-corrected chi connectivity index (χ3v) is 3.04. The first-order valence-corrected chi connectivity index (χ1v) is 6.09. The van der Waals surface area contributed by atoms with Gasteiger partial charge in [-0.25, -0.2) is 0 Å². The summed E-state index contributed by atoms with van der Waals surface area (Å²) in [6, 6.07) is 0.00472. The average Bonchev–Trinajstić information content (AvgIpc) is 2.37. The maximum Gasteiger partial charge on any atom is 0.240 e. The molecule has 15 heavy (non-hydrogen) atoms. The van der Waals surface area contributed by atoms with E-state index in [0.29, 0.717) is 0 Å². The van der Waals surface area contributed by atoms with Gasteiger partial charge >= 0.3 is 0 Å². The highest BCUT2D eigenvalue weighted by atomic mass is 16.2. The molecule has 0 radical (unpaired) electrons. The van der Waals surface area contributed by atoms with Gasteiger partial charge in [0.05, 0.1) is 12.2 Å². The summed E-state index contributed by atoms with van der Waals surface area (Å²) in [5.41, 5.74) is 0. The zero-order valence-corrected chi connectivity index (χ0v) is 10.4. The van der Waals surface area contributed by atoms with Gasteiger partial charge < -0.3 is 4.90 Å². The minimum absolute atomic E-state index is 0.00472. The van der Waals surface area contributed by atoms with E-state index in [0.717, 1.165) is 18.9 Å². The third kappa shape index (κ3) is 3.49. The molecule has 3 nitrogen and oxygen atoms in total. The number of hydrogen-bond acceptors (Lipinski definition) is 2. The Morgan fingerprint density at radius 1 is 1.33 bits per heavy atom. The smallest absolute Gasteiger partial charge is 0.240 e. The van der Waals surface area contributed by atoms with Crippen molar-refractivity contribution in [2.24, 2.45) is 5.92 Å². The largest absolute Gasteiger partial charge is 0.326 e. The predicted molar refractivity (Wildman–Crippen MR) is 62.5 cm³/mol. The van der Waals surface area contributed by atoms with Gasteiger partial charge in [0.15, 0.2) is 0 Å². The van der Waals surface area contributed by atoms with E-state index in [1.54, 1.807) is 0 Å². The van der Waals surface area contributed by atoms with Crippen molar-refractivity contribution in [1.82, 2.24) is 10.2 Å². The highest BCUT2D eigenvalue weighted by Crippen LogP contribution is 2.13. The van der Waals surface area contributed by atoms with Crippen LogP contribution in [0, 0.1) is 5.92 Å². The average molecular weight is 212 g/mol. The maximum absolute atomic E-state index is 11.7. The fourth-order valence-electron chi connectivity index (χ4n) is 2.10. The van der Waals surface area contributed by atoms with Crippen molar-refractivity contribution in [3.63, 3.8) is 0 Å². The van der Waals surface area contributed by atoms with Crippen molar-refractivity contribution >= 4 is 5.91 Å². The topological polar surface area (TPSA) is 32.3 Å². The predicted octanol–water partition coefficient (Wildman–Crippen LogP) is 1.98. The van der Waals surface area contributed by atoms with Gasteiger partial charge in [-0.1, -0.05) is 26.7 Å². The normalized spacial score (nSPS) is 26.7. The van der Waals surface area contributed by atoms with Crippen molar-refractivity contribution in [3.05, 3.63) is 0 Å². The first-order chi connectivity index (χ1) is 7.02. The van der Waals surface area contributed by atoms with Crippen molar-refractivity contribution in [2.75, 3.05) is 6.54 Å². The standard InChI is InChI=1S/C12H24N2O/c1-9(2)7-5-6-8-14-11(4)13-10(3)12(14)15/h9-11,13H,5-8H2,1-4H3. The summed E-state index contributed by atoms with van der Waals surface area (Å²) < 4.78 is 0. The van der Waals surface area contributed by atoms with Crippen molar-refractivity contribution in [3.8, 4) is 0 Å². The molecule has 0 bridgehead atoms. The fourth-order valence-corrected chi connectivity index (χ4v) is 2.10. The Morgan fingerprint density at radius 3 is 2.47 bits per heavy atom. The molecule has 3 heteroatoms. The number of unbranched alkanes of at least 4 members (excludes halogenated alkanes) is 1. The Labute approximate surface area is 93.2 Å². The molecule has 2 unspecified atom stereocenters. The van der Waals surface area contributed by atoms with E-state index in [4.69, 9.17) is 0 Å². The lowest BCUT2D eigenvalue weighted by Gasteiger charge is -2.20. The van der Waals surface area contributed by atoms with Crippen LogP contribution in [-0.4, -0.2) is 29.6 Å². The van der Waals surface area contributed by atoms with Crippen LogP contribution in [0.5, 0.6) is 0 Å². The lowest BCUT2D eigenvalue weighted by atomic mass is 10.1. The van der Waals surface area contributed by atoms with Gasteiger partial charge in [-0.05, 0) is 26.2 Å². The van der Waals surface area contributed by atoms with Crippen LogP contribution in [0.1, 0.15) is 47.0 Å². The van der Waals surface area contributed by atoms with Gasteiger partial charge in [-0.15, -0.1) is 0 Å². The number of nitrogens with zero attached hydrogens (tertiary/aromatic N) is 1. The van der Waals surface area contributed by atoms with Crippen LogP contribution in [0.4, 0.5) is 0 Å². The van der Waals surface area contributed by atoms with Gasteiger partial charge in [0.1, 0.15) is 0 Å². The van der Waals surface area contributed by atoms with Crippen LogP contribution in [0.2, 0.25) is 0 Å². The molecule has 1 N–H and O–H groups in total. The maximum atomic E-state index is 11.7. The number of nitrogens with one attached hydrogen (secondary N) is 1. The van der Waals surface area contributed by atoms with Crippen molar-refractivity contribution in [2.45, 2.75) is 59.2 Å². The van der Waals surface area contributed by atoms with Gasteiger partial charge in [0.2, 0.25) is 5.91 Å². The van der Waals surface area contributed by atoms with Crippen LogP contribution in [0.15, 0.2) is 0 Å². The molecule has 1 saturated heterocycles. The summed E-state index contributed by atoms with van der Waals surface area (Å²) >= 11 is 0. The summed E-state index contributed by atoms with van der Waals surface area (Å²) in [6.45, 7) is 9.39. The first kappa shape index (κ1) is 12.5. The summed E-state index contributed by atoms with van der Waals surface area (Å²) in [6.07, 6.45) is 3.83. The highest BCUT2D eigenvalue weighted by molar-refractivity contribution is 5.83. The van der Waals surface area contributed by atoms with Crippen molar-refractivity contribution in [1.29, 1.82) is 0 Å². The monoisotopic (exact) mass is 212 g/mol. The van der Waals surface area contributed by atoms with E-state index in [1.165, 1.54) is 12.8 Å². The van der Waals surface area contributed by atoms with Gasteiger partial charge in [0, 0.05) is 6.54 Å². The van der Waals surface area contributed by atoms with E-state index in [1.807, 2.05) is 11.8 Å². The molecule has 1 aliphatic heterocycles. The molecular weight excluding hydrogens is 188 g/mol. The van der Waals surface area contributed by atoms with Crippen LogP contribution in [0.25, 0.3) is 0 Å². The Morgan fingerprint density at radius 2 is 2.00 bits per heavy atom. The minimum Gasteiger partial charge on any atom is -0.326 e. The molecular formula is C12H24N2O. The molecule has 0 aromatic carbocycles. The summed E-state index contributed by atoms with van der Waals surface area (Å²) in [4.78, 5) is 13.7. The van der Waals surface area contributed by atoms with Gasteiger partial charge in [-0.2, -0.15) is 0 Å². The number of carbonyl (C=O) groups is 1. The molecule has 1 aliphatic rings. The molecule has 1 heterocycles. The molecule has 0 spiro atoms. The molecule has 0 aliphatic carbocycles. The summed E-state index contributed by atoms with van der Waals surface area (Å²) in [5.74, 6) is 1.03. The minimum atomic E-state index is 0.00472. The Balaban J connectivity index is 2.23. The fraction of sp³-hybridized carbons (Fsp3) is 0.917. The van der Waals surface area contributed by atoms with Crippen LogP contribution < -0.4 is 5.32 Å². The second-order valence-corrected chi connectivity index (χ2v) is 4.99. The molecule has 0 aromatic heterocycles. The Hall–Kier alpha value is -0.570. The molecule has 1 rings (SSSR count). The number of amides is 1. The van der Waals surface area contributed by atoms with E-state index < -0.39 is 0 Å². The third-order valence-electron chi connectivity index (χ3n) is 3.04. The second-order valence-electron chi connectivity index (χ2n) is 4.99. The number of hydrogen-bond donors (Lipinski definition) is 1.